The van der Waals surface area contributed by atoms with Crippen LogP contribution in [0.4, 0.5) is 0 Å². The van der Waals surface area contributed by atoms with Gasteiger partial charge in [0.15, 0.2) is 5.78 Å². The Bertz CT molecular complexity index is 714. The van der Waals surface area contributed by atoms with E-state index in [-0.39, 0.29) is 18.1 Å². The molecule has 0 amide bonds. The van der Waals surface area contributed by atoms with E-state index < -0.39 is 0 Å². The number of fused-ring (bicyclic) bond motifs is 1. The van der Waals surface area contributed by atoms with Crippen LogP contribution in [0.3, 0.4) is 0 Å². The molecule has 0 fully saturated rings. The van der Waals surface area contributed by atoms with Crippen molar-refractivity contribution in [2.45, 2.75) is 0 Å². The van der Waals surface area contributed by atoms with Gasteiger partial charge in [0.1, 0.15) is 23.9 Å². The van der Waals surface area contributed by atoms with Gasteiger partial charge in [-0.3, -0.25) is 4.79 Å². The third kappa shape index (κ3) is 2.60. The lowest BCUT2D eigenvalue weighted by molar-refractivity contribution is 0.100. The SMILES string of the molecule is COc1ccc2c(c1)OC/C(=C\c1ccc(O)cc1)C2=O. The highest BCUT2D eigenvalue weighted by atomic mass is 16.5. The van der Waals surface area contributed by atoms with Gasteiger partial charge in [-0.1, -0.05) is 12.1 Å². The zero-order valence-corrected chi connectivity index (χ0v) is 11.5. The topological polar surface area (TPSA) is 55.8 Å². The van der Waals surface area contributed by atoms with Gasteiger partial charge in [0, 0.05) is 11.6 Å². The number of hydrogen-bond acceptors (Lipinski definition) is 4. The highest BCUT2D eigenvalue weighted by Gasteiger charge is 2.23. The number of rotatable bonds is 2. The second-order valence-electron chi connectivity index (χ2n) is 4.74. The summed E-state index contributed by atoms with van der Waals surface area (Å²) in [4.78, 5) is 12.4. The molecule has 0 atom stereocenters. The van der Waals surface area contributed by atoms with Crippen molar-refractivity contribution >= 4 is 11.9 Å². The fourth-order valence-corrected chi connectivity index (χ4v) is 2.21. The second-order valence-corrected chi connectivity index (χ2v) is 4.74. The van der Waals surface area contributed by atoms with Gasteiger partial charge < -0.3 is 14.6 Å². The summed E-state index contributed by atoms with van der Waals surface area (Å²) in [7, 11) is 1.57. The van der Waals surface area contributed by atoms with Gasteiger partial charge in [0.05, 0.1) is 12.7 Å². The molecule has 0 saturated heterocycles. The van der Waals surface area contributed by atoms with Gasteiger partial charge >= 0.3 is 0 Å². The van der Waals surface area contributed by atoms with Gasteiger partial charge in [-0.2, -0.15) is 0 Å². The second kappa shape index (κ2) is 5.32. The normalized spacial score (nSPS) is 15.5. The zero-order valence-electron chi connectivity index (χ0n) is 11.5. The zero-order chi connectivity index (χ0) is 14.8. The van der Waals surface area contributed by atoms with Gasteiger partial charge in [-0.15, -0.1) is 0 Å². The third-order valence-corrected chi connectivity index (χ3v) is 3.34. The Labute approximate surface area is 122 Å². The lowest BCUT2D eigenvalue weighted by Gasteiger charge is -2.19. The number of Topliss-reactive ketones (excluding diaryl/α,β-unsaturated/α-hetero) is 1. The summed E-state index contributed by atoms with van der Waals surface area (Å²) in [5, 5.41) is 9.27. The number of ether oxygens (including phenoxy) is 2. The summed E-state index contributed by atoms with van der Waals surface area (Å²) in [5.74, 6) is 1.35. The highest BCUT2D eigenvalue weighted by molar-refractivity contribution is 6.14. The van der Waals surface area contributed by atoms with Gasteiger partial charge in [0.2, 0.25) is 0 Å². The van der Waals surface area contributed by atoms with Crippen molar-refractivity contribution in [3.05, 3.63) is 59.2 Å². The predicted molar refractivity (Wildman–Crippen MR) is 78.9 cm³/mol. The first-order chi connectivity index (χ1) is 10.2. The summed E-state index contributed by atoms with van der Waals surface area (Å²) < 4.78 is 10.7. The molecule has 21 heavy (non-hydrogen) atoms. The summed E-state index contributed by atoms with van der Waals surface area (Å²) in [6.07, 6.45) is 1.77. The molecule has 0 bridgehead atoms. The predicted octanol–water partition coefficient (Wildman–Crippen LogP) is 3.06. The van der Waals surface area contributed by atoms with E-state index in [1.54, 1.807) is 55.7 Å². The maximum absolute atomic E-state index is 12.4. The average Bonchev–Trinajstić information content (AvgIpc) is 2.52. The molecule has 1 heterocycles. The van der Waals surface area contributed by atoms with E-state index in [0.717, 1.165) is 5.56 Å². The fraction of sp³-hybridized carbons (Fsp3) is 0.118. The Balaban J connectivity index is 1.93. The van der Waals surface area contributed by atoms with E-state index in [1.807, 2.05) is 0 Å². The molecule has 0 spiro atoms. The largest absolute Gasteiger partial charge is 0.508 e. The molecule has 0 radical (unpaired) electrons. The van der Waals surface area contributed by atoms with E-state index in [0.29, 0.717) is 22.6 Å². The number of aromatic hydroxyl groups is 1. The number of carbonyl (C=O) groups excluding carboxylic acids is 1. The van der Waals surface area contributed by atoms with Gasteiger partial charge in [-0.05, 0) is 35.9 Å². The lowest BCUT2D eigenvalue weighted by Crippen LogP contribution is -2.19. The molecule has 0 saturated carbocycles. The van der Waals surface area contributed by atoms with Crippen molar-refractivity contribution < 1.29 is 19.4 Å². The number of benzene rings is 2. The Morgan fingerprint density at radius 1 is 1.19 bits per heavy atom. The molecule has 3 rings (SSSR count). The lowest BCUT2D eigenvalue weighted by atomic mass is 9.98. The van der Waals surface area contributed by atoms with Crippen molar-refractivity contribution in [1.82, 2.24) is 0 Å². The van der Waals surface area contributed by atoms with Crippen LogP contribution in [0, 0.1) is 0 Å². The Morgan fingerprint density at radius 3 is 2.67 bits per heavy atom. The van der Waals surface area contributed by atoms with Crippen molar-refractivity contribution in [3.8, 4) is 17.2 Å². The van der Waals surface area contributed by atoms with Crippen molar-refractivity contribution in [3.63, 3.8) is 0 Å². The van der Waals surface area contributed by atoms with Crippen molar-refractivity contribution in [1.29, 1.82) is 0 Å². The van der Waals surface area contributed by atoms with E-state index in [1.165, 1.54) is 0 Å². The molecule has 1 aliphatic heterocycles. The molecule has 1 N–H and O–H groups in total. The molecule has 0 unspecified atom stereocenters. The molecule has 0 aromatic heterocycles. The van der Waals surface area contributed by atoms with Crippen LogP contribution in [-0.2, 0) is 0 Å². The molecule has 4 heteroatoms. The van der Waals surface area contributed by atoms with E-state index in [2.05, 4.69) is 0 Å². The van der Waals surface area contributed by atoms with Gasteiger partial charge in [-0.25, -0.2) is 0 Å². The molecule has 4 nitrogen and oxygen atoms in total. The number of methoxy groups -OCH3 is 1. The maximum Gasteiger partial charge on any atom is 0.196 e. The van der Waals surface area contributed by atoms with Crippen LogP contribution in [0.15, 0.2) is 48.0 Å². The van der Waals surface area contributed by atoms with Crippen LogP contribution in [-0.4, -0.2) is 24.6 Å². The standard InChI is InChI=1S/C17H14O4/c1-20-14-6-7-15-16(9-14)21-10-12(17(15)19)8-11-2-4-13(18)5-3-11/h2-9,18H,10H2,1H3/b12-8+. The summed E-state index contributed by atoms with van der Waals surface area (Å²) in [6, 6.07) is 11.8. The van der Waals surface area contributed by atoms with E-state index >= 15 is 0 Å². The molecule has 106 valence electrons. The third-order valence-electron chi connectivity index (χ3n) is 3.34. The Hall–Kier alpha value is -2.75. The first-order valence-electron chi connectivity index (χ1n) is 6.52. The summed E-state index contributed by atoms with van der Waals surface area (Å²) >= 11 is 0. The average molecular weight is 282 g/mol. The maximum atomic E-state index is 12.4. The van der Waals surface area contributed by atoms with E-state index in [4.69, 9.17) is 9.47 Å². The van der Waals surface area contributed by atoms with Crippen LogP contribution in [0.1, 0.15) is 15.9 Å². The monoisotopic (exact) mass is 282 g/mol. The van der Waals surface area contributed by atoms with Gasteiger partial charge in [0.25, 0.3) is 0 Å². The molecule has 2 aromatic rings. The van der Waals surface area contributed by atoms with Crippen LogP contribution in [0.5, 0.6) is 17.2 Å². The number of ketones is 1. The highest BCUT2D eigenvalue weighted by Crippen LogP contribution is 2.31. The molecular weight excluding hydrogens is 268 g/mol. The number of phenolic OH excluding ortho intramolecular Hbond substituents is 1. The van der Waals surface area contributed by atoms with Crippen LogP contribution in [0.25, 0.3) is 6.08 Å². The fourth-order valence-electron chi connectivity index (χ4n) is 2.21. The minimum atomic E-state index is -0.0491. The quantitative estimate of drug-likeness (QED) is 0.860. The van der Waals surface area contributed by atoms with Crippen LogP contribution in [0.2, 0.25) is 0 Å². The Morgan fingerprint density at radius 2 is 1.95 bits per heavy atom. The minimum Gasteiger partial charge on any atom is -0.508 e. The summed E-state index contributed by atoms with van der Waals surface area (Å²) in [5.41, 5.74) is 1.96. The first kappa shape index (κ1) is 13.2. The van der Waals surface area contributed by atoms with Crippen LogP contribution < -0.4 is 9.47 Å². The molecular formula is C17H14O4. The van der Waals surface area contributed by atoms with E-state index in [9.17, 15) is 9.90 Å². The Kier molecular flexibility index (Phi) is 3.36. The number of hydrogen-bond donors (Lipinski definition) is 1. The van der Waals surface area contributed by atoms with Crippen molar-refractivity contribution in [2.75, 3.05) is 13.7 Å². The number of carbonyl (C=O) groups is 1. The smallest absolute Gasteiger partial charge is 0.196 e. The first-order valence-corrected chi connectivity index (χ1v) is 6.52. The molecule has 2 aromatic carbocycles. The summed E-state index contributed by atoms with van der Waals surface area (Å²) in [6.45, 7) is 0.222. The van der Waals surface area contributed by atoms with Crippen LogP contribution >= 0.6 is 0 Å². The van der Waals surface area contributed by atoms with Crippen molar-refractivity contribution in [2.24, 2.45) is 0 Å². The molecule has 0 aliphatic carbocycles. The molecule has 1 aliphatic rings. The minimum absolute atomic E-state index is 0.0491. The number of phenols is 1.